The average Bonchev–Trinajstić information content (AvgIpc) is 2.81. The number of nitro benzene ring substituents is 1. The Morgan fingerprint density at radius 3 is 2.65 bits per heavy atom. The van der Waals surface area contributed by atoms with Gasteiger partial charge in [-0.2, -0.15) is 0 Å². The van der Waals surface area contributed by atoms with Crippen molar-refractivity contribution in [1.82, 2.24) is 10.2 Å². The summed E-state index contributed by atoms with van der Waals surface area (Å²) in [6.45, 7) is 8.72. The molecule has 1 atom stereocenters. The van der Waals surface area contributed by atoms with Gasteiger partial charge in [0.25, 0.3) is 5.69 Å². The summed E-state index contributed by atoms with van der Waals surface area (Å²) in [5.41, 5.74) is 2.56. The number of esters is 1. The van der Waals surface area contributed by atoms with E-state index >= 15 is 0 Å². The Morgan fingerprint density at radius 2 is 1.97 bits per heavy atom. The Morgan fingerprint density at radius 1 is 1.24 bits per heavy atom. The maximum absolute atomic E-state index is 12.9. The first-order valence-corrected chi connectivity index (χ1v) is 11.4. The highest BCUT2D eigenvalue weighted by Gasteiger charge is 2.29. The molecule has 1 aliphatic rings. The lowest BCUT2D eigenvalue weighted by molar-refractivity contribution is -0.384. The van der Waals surface area contributed by atoms with Gasteiger partial charge in [0, 0.05) is 25.7 Å². The van der Waals surface area contributed by atoms with E-state index in [0.29, 0.717) is 24.2 Å². The molecular formula is C26H30N3O5. The molecule has 0 bridgehead atoms. The van der Waals surface area contributed by atoms with Crippen LogP contribution in [0.4, 0.5) is 5.69 Å². The smallest absolute Gasteiger partial charge is 0.325 e. The van der Waals surface area contributed by atoms with Crippen LogP contribution in [0.2, 0.25) is 0 Å². The van der Waals surface area contributed by atoms with Gasteiger partial charge in [0.2, 0.25) is 5.91 Å². The minimum absolute atomic E-state index is 0.138. The number of ether oxygens (including phenoxy) is 1. The number of piperazine rings is 1. The van der Waals surface area contributed by atoms with Crippen molar-refractivity contribution >= 4 is 23.6 Å². The largest absolute Gasteiger partial charge is 0.462 e. The number of carbonyl (C=O) groups is 2. The molecule has 1 saturated heterocycles. The second kappa shape index (κ2) is 11.1. The number of carbonyl (C=O) groups excluding carboxylic acids is 2. The minimum Gasteiger partial charge on any atom is -0.462 e. The molecule has 1 aliphatic heterocycles. The van der Waals surface area contributed by atoms with Crippen molar-refractivity contribution < 1.29 is 19.2 Å². The van der Waals surface area contributed by atoms with E-state index in [1.807, 2.05) is 38.1 Å². The number of amides is 1. The van der Waals surface area contributed by atoms with E-state index in [4.69, 9.17) is 4.74 Å². The van der Waals surface area contributed by atoms with E-state index in [2.05, 4.69) is 11.4 Å². The first kappa shape index (κ1) is 25.1. The normalized spacial score (nSPS) is 16.3. The van der Waals surface area contributed by atoms with Crippen LogP contribution in [-0.4, -0.2) is 53.5 Å². The number of nitrogens with one attached hydrogen (secondary N) is 1. The van der Waals surface area contributed by atoms with Crippen molar-refractivity contribution in [2.75, 3.05) is 19.6 Å². The van der Waals surface area contributed by atoms with Gasteiger partial charge in [-0.05, 0) is 48.6 Å². The van der Waals surface area contributed by atoms with E-state index < -0.39 is 16.9 Å². The van der Waals surface area contributed by atoms with Crippen molar-refractivity contribution in [2.24, 2.45) is 0 Å². The highest BCUT2D eigenvalue weighted by atomic mass is 16.6. The SMILES string of the molecule is CC(C)OC(=O)C1CN(C(=O)/C=C/c2cc[c]c([N+](=O)[O-])c2-c2ccccc2C(C)C)CCN1. The van der Waals surface area contributed by atoms with Gasteiger partial charge in [0.05, 0.1) is 22.7 Å². The van der Waals surface area contributed by atoms with Gasteiger partial charge in [0.15, 0.2) is 0 Å². The number of hydrogen-bond donors (Lipinski definition) is 1. The molecule has 8 heteroatoms. The Labute approximate surface area is 199 Å². The highest BCUT2D eigenvalue weighted by molar-refractivity contribution is 5.95. The second-order valence-electron chi connectivity index (χ2n) is 8.77. The molecule has 1 amide bonds. The van der Waals surface area contributed by atoms with Gasteiger partial charge < -0.3 is 15.0 Å². The van der Waals surface area contributed by atoms with Crippen LogP contribution in [0.1, 0.15) is 44.7 Å². The Hall–Kier alpha value is -3.52. The molecule has 0 aromatic heterocycles. The zero-order valence-corrected chi connectivity index (χ0v) is 19.9. The van der Waals surface area contributed by atoms with Gasteiger partial charge in [-0.15, -0.1) is 0 Å². The second-order valence-corrected chi connectivity index (χ2v) is 8.77. The molecule has 1 unspecified atom stereocenters. The third kappa shape index (κ3) is 5.88. The minimum atomic E-state index is -0.589. The van der Waals surface area contributed by atoms with Gasteiger partial charge >= 0.3 is 5.97 Å². The fraction of sp³-hybridized carbons (Fsp3) is 0.385. The van der Waals surface area contributed by atoms with Crippen molar-refractivity contribution in [3.05, 3.63) is 69.8 Å². The van der Waals surface area contributed by atoms with E-state index in [9.17, 15) is 19.7 Å². The van der Waals surface area contributed by atoms with Crippen molar-refractivity contribution in [3.8, 4) is 11.1 Å². The number of hydrogen-bond acceptors (Lipinski definition) is 6. The molecule has 1 fully saturated rings. The fourth-order valence-electron chi connectivity index (χ4n) is 3.99. The third-order valence-electron chi connectivity index (χ3n) is 5.57. The number of benzene rings is 2. The summed E-state index contributed by atoms with van der Waals surface area (Å²) in [6.07, 6.45) is 2.76. The molecule has 1 N–H and O–H groups in total. The zero-order chi connectivity index (χ0) is 24.8. The average molecular weight is 465 g/mol. The molecule has 179 valence electrons. The molecule has 34 heavy (non-hydrogen) atoms. The molecule has 1 radical (unpaired) electrons. The molecule has 2 aromatic rings. The first-order valence-electron chi connectivity index (χ1n) is 11.4. The molecule has 0 aliphatic carbocycles. The number of nitrogens with zero attached hydrogens (tertiary/aromatic N) is 2. The standard InChI is InChI=1S/C26H30N3O5/c1-17(2)20-9-5-6-10-21(20)25-19(8-7-11-23(25)29(32)33)12-13-24(30)28-15-14-27-22(16-28)26(31)34-18(3)4/h5-10,12-13,17-18,22,27H,14-16H2,1-4H3/b13-12+. The molecule has 0 spiro atoms. The van der Waals surface area contributed by atoms with Crippen molar-refractivity contribution in [2.45, 2.75) is 45.8 Å². The lowest BCUT2D eigenvalue weighted by atomic mass is 9.89. The van der Waals surface area contributed by atoms with Gasteiger partial charge in [-0.1, -0.05) is 44.2 Å². The Kier molecular flexibility index (Phi) is 8.17. The summed E-state index contributed by atoms with van der Waals surface area (Å²) < 4.78 is 5.25. The maximum atomic E-state index is 12.9. The predicted molar refractivity (Wildman–Crippen MR) is 130 cm³/mol. The molecule has 8 nitrogen and oxygen atoms in total. The summed E-state index contributed by atoms with van der Waals surface area (Å²) in [4.78, 5) is 38.1. The predicted octanol–water partition coefficient (Wildman–Crippen LogP) is 3.95. The maximum Gasteiger partial charge on any atom is 0.325 e. The van der Waals surface area contributed by atoms with Crippen LogP contribution in [0.15, 0.2) is 42.5 Å². The first-order chi connectivity index (χ1) is 16.2. The van der Waals surface area contributed by atoms with Crippen molar-refractivity contribution in [1.29, 1.82) is 0 Å². The van der Waals surface area contributed by atoms with E-state index in [0.717, 1.165) is 11.1 Å². The molecule has 2 aromatic carbocycles. The number of nitro groups is 1. The van der Waals surface area contributed by atoms with Crippen LogP contribution in [-0.2, 0) is 14.3 Å². The van der Waals surface area contributed by atoms with Crippen molar-refractivity contribution in [3.63, 3.8) is 0 Å². The molecule has 1 heterocycles. The van der Waals surface area contributed by atoms with Gasteiger partial charge in [-0.3, -0.25) is 19.7 Å². The van der Waals surface area contributed by atoms with Crippen LogP contribution in [0, 0.1) is 16.2 Å². The lowest BCUT2D eigenvalue weighted by Crippen LogP contribution is -2.56. The molecule has 0 saturated carbocycles. The molecular weight excluding hydrogens is 434 g/mol. The zero-order valence-electron chi connectivity index (χ0n) is 19.9. The van der Waals surface area contributed by atoms with Crippen LogP contribution >= 0.6 is 0 Å². The lowest BCUT2D eigenvalue weighted by Gasteiger charge is -2.32. The van der Waals surface area contributed by atoms with E-state index in [1.165, 1.54) is 12.1 Å². The van der Waals surface area contributed by atoms with Crippen LogP contribution in [0.25, 0.3) is 17.2 Å². The number of rotatable bonds is 7. The monoisotopic (exact) mass is 464 g/mol. The van der Waals surface area contributed by atoms with Crippen LogP contribution in [0.5, 0.6) is 0 Å². The van der Waals surface area contributed by atoms with Crippen LogP contribution < -0.4 is 5.32 Å². The summed E-state index contributed by atoms with van der Waals surface area (Å²) in [5.74, 6) is -0.515. The fourth-order valence-corrected chi connectivity index (χ4v) is 3.99. The summed E-state index contributed by atoms with van der Waals surface area (Å²) in [5, 5.41) is 14.9. The Balaban J connectivity index is 1.91. The van der Waals surface area contributed by atoms with E-state index in [-0.39, 0.29) is 30.2 Å². The summed E-state index contributed by atoms with van der Waals surface area (Å²) in [6, 6.07) is 12.9. The van der Waals surface area contributed by atoms with Crippen LogP contribution in [0.3, 0.4) is 0 Å². The summed E-state index contributed by atoms with van der Waals surface area (Å²) >= 11 is 0. The van der Waals surface area contributed by atoms with Gasteiger partial charge in [0.1, 0.15) is 6.04 Å². The van der Waals surface area contributed by atoms with Gasteiger partial charge in [-0.25, -0.2) is 0 Å². The summed E-state index contributed by atoms with van der Waals surface area (Å²) in [7, 11) is 0. The highest BCUT2D eigenvalue weighted by Crippen LogP contribution is 2.38. The molecule has 3 rings (SSSR count). The Bertz CT molecular complexity index is 1090. The quantitative estimate of drug-likeness (QED) is 0.288. The van der Waals surface area contributed by atoms with E-state index in [1.54, 1.807) is 30.9 Å². The third-order valence-corrected chi connectivity index (χ3v) is 5.57. The topological polar surface area (TPSA) is 102 Å².